The van der Waals surface area contributed by atoms with Crippen LogP contribution in [0, 0.1) is 12.7 Å². The molecule has 0 aliphatic heterocycles. The van der Waals surface area contributed by atoms with E-state index in [9.17, 15) is 14.0 Å². The molecule has 130 valence electrons. The van der Waals surface area contributed by atoms with Crippen molar-refractivity contribution < 1.29 is 14.0 Å². The molecule has 25 heavy (non-hydrogen) atoms. The molecule has 2 N–H and O–H groups in total. The quantitative estimate of drug-likeness (QED) is 0.849. The van der Waals surface area contributed by atoms with Gasteiger partial charge in [-0.3, -0.25) is 9.59 Å². The number of amides is 2. The summed E-state index contributed by atoms with van der Waals surface area (Å²) in [6.45, 7) is 1.74. The van der Waals surface area contributed by atoms with Crippen LogP contribution in [0.1, 0.15) is 34.3 Å². The van der Waals surface area contributed by atoms with Gasteiger partial charge in [-0.15, -0.1) is 0 Å². The Morgan fingerprint density at radius 2 is 1.88 bits per heavy atom. The van der Waals surface area contributed by atoms with E-state index >= 15 is 0 Å². The first-order valence-electron chi connectivity index (χ1n) is 8.44. The second-order valence-electron chi connectivity index (χ2n) is 6.46. The van der Waals surface area contributed by atoms with Crippen LogP contribution in [-0.4, -0.2) is 23.9 Å². The predicted molar refractivity (Wildman–Crippen MR) is 93.7 cm³/mol. The number of rotatable bonds is 6. The van der Waals surface area contributed by atoms with Crippen molar-refractivity contribution >= 4 is 11.8 Å². The molecule has 0 bridgehead atoms. The van der Waals surface area contributed by atoms with Gasteiger partial charge in [0.15, 0.2) is 0 Å². The second kappa shape index (κ2) is 7.47. The van der Waals surface area contributed by atoms with Gasteiger partial charge in [0, 0.05) is 18.0 Å². The van der Waals surface area contributed by atoms with Crippen LogP contribution in [-0.2, 0) is 11.2 Å². The van der Waals surface area contributed by atoms with Crippen molar-refractivity contribution in [1.29, 1.82) is 0 Å². The Morgan fingerprint density at radius 1 is 1.16 bits per heavy atom. The van der Waals surface area contributed by atoms with Crippen LogP contribution in [0.15, 0.2) is 48.5 Å². The van der Waals surface area contributed by atoms with Gasteiger partial charge in [-0.25, -0.2) is 4.39 Å². The third kappa shape index (κ3) is 4.66. The fourth-order valence-corrected chi connectivity index (χ4v) is 2.66. The van der Waals surface area contributed by atoms with Gasteiger partial charge in [0.1, 0.15) is 11.9 Å². The smallest absolute Gasteiger partial charge is 0.252 e. The number of aryl methyl sites for hydroxylation is 1. The minimum Gasteiger partial charge on any atom is -0.352 e. The van der Waals surface area contributed by atoms with Gasteiger partial charge in [-0.05, 0) is 43.0 Å². The van der Waals surface area contributed by atoms with Gasteiger partial charge in [-0.1, -0.05) is 36.4 Å². The third-order valence-electron chi connectivity index (χ3n) is 4.27. The van der Waals surface area contributed by atoms with Gasteiger partial charge in [0.2, 0.25) is 5.91 Å². The fraction of sp³-hybridized carbons (Fsp3) is 0.300. The summed E-state index contributed by atoms with van der Waals surface area (Å²) in [5.74, 6) is -1.12. The maximum atomic E-state index is 13.5. The summed E-state index contributed by atoms with van der Waals surface area (Å²) in [6.07, 6.45) is 2.33. The topological polar surface area (TPSA) is 58.2 Å². The van der Waals surface area contributed by atoms with Gasteiger partial charge < -0.3 is 10.6 Å². The fourth-order valence-electron chi connectivity index (χ4n) is 2.66. The highest BCUT2D eigenvalue weighted by Gasteiger charge is 2.29. The molecule has 5 heteroatoms. The Balaban J connectivity index is 1.77. The van der Waals surface area contributed by atoms with E-state index < -0.39 is 17.8 Å². The van der Waals surface area contributed by atoms with Crippen LogP contribution in [0.25, 0.3) is 0 Å². The summed E-state index contributed by atoms with van der Waals surface area (Å²) in [4.78, 5) is 25.1. The number of benzene rings is 2. The number of carbonyl (C=O) groups is 2. The summed E-state index contributed by atoms with van der Waals surface area (Å²) in [7, 11) is 0. The predicted octanol–water partition coefficient (Wildman–Crippen LogP) is 2.75. The lowest BCUT2D eigenvalue weighted by Crippen LogP contribution is -2.48. The molecular formula is C20H21FN2O2. The van der Waals surface area contributed by atoms with Crippen molar-refractivity contribution in [3.8, 4) is 0 Å². The second-order valence-corrected chi connectivity index (χ2v) is 6.46. The lowest BCUT2D eigenvalue weighted by atomic mass is 10.0. The highest BCUT2D eigenvalue weighted by atomic mass is 19.1. The number of hydrogen-bond acceptors (Lipinski definition) is 2. The van der Waals surface area contributed by atoms with Crippen LogP contribution in [0.3, 0.4) is 0 Å². The van der Waals surface area contributed by atoms with Crippen molar-refractivity contribution in [3.63, 3.8) is 0 Å². The number of hydrogen-bond donors (Lipinski definition) is 2. The van der Waals surface area contributed by atoms with E-state index in [1.54, 1.807) is 13.0 Å². The van der Waals surface area contributed by atoms with E-state index in [0.29, 0.717) is 12.0 Å². The first-order chi connectivity index (χ1) is 12.0. The van der Waals surface area contributed by atoms with Gasteiger partial charge >= 0.3 is 0 Å². The summed E-state index contributed by atoms with van der Waals surface area (Å²) < 4.78 is 13.5. The van der Waals surface area contributed by atoms with Gasteiger partial charge in [0.05, 0.1) is 0 Å². The Kier molecular flexibility index (Phi) is 5.12. The molecular weight excluding hydrogens is 319 g/mol. The molecule has 2 aromatic carbocycles. The highest BCUT2D eigenvalue weighted by molar-refractivity contribution is 5.98. The molecule has 0 radical (unpaired) electrons. The molecule has 0 saturated heterocycles. The van der Waals surface area contributed by atoms with Crippen LogP contribution in [0.4, 0.5) is 4.39 Å². The zero-order chi connectivity index (χ0) is 17.8. The summed E-state index contributed by atoms with van der Waals surface area (Å²) in [5.41, 5.74) is 1.87. The molecule has 1 aliphatic rings. The minimum atomic E-state index is -0.696. The standard InChI is InChI=1S/C20H21FN2O2/c1-13-7-8-15(21)12-17(13)19(24)23-18(20(25)22-16-9-10-16)11-14-5-3-2-4-6-14/h2-8,12,16,18H,9-11H2,1H3,(H,22,25)(H,23,24)/t18-/m0/s1. The van der Waals surface area contributed by atoms with Crippen LogP contribution in [0.2, 0.25) is 0 Å². The zero-order valence-corrected chi connectivity index (χ0v) is 14.1. The minimum absolute atomic E-state index is 0.200. The summed E-state index contributed by atoms with van der Waals surface area (Å²) in [5, 5.41) is 5.69. The Morgan fingerprint density at radius 3 is 2.56 bits per heavy atom. The molecule has 2 amide bonds. The van der Waals surface area contributed by atoms with Crippen molar-refractivity contribution in [3.05, 3.63) is 71.0 Å². The molecule has 0 heterocycles. The normalized spacial score (nSPS) is 14.6. The zero-order valence-electron chi connectivity index (χ0n) is 14.1. The first-order valence-corrected chi connectivity index (χ1v) is 8.44. The molecule has 1 aliphatic carbocycles. The molecule has 0 aromatic heterocycles. The van der Waals surface area contributed by atoms with E-state index in [-0.39, 0.29) is 17.5 Å². The summed E-state index contributed by atoms with van der Waals surface area (Å²) in [6, 6.07) is 13.1. The Bertz CT molecular complexity index is 773. The molecule has 3 rings (SSSR count). The van der Waals surface area contributed by atoms with Crippen molar-refractivity contribution in [2.24, 2.45) is 0 Å². The molecule has 1 fully saturated rings. The van der Waals surface area contributed by atoms with E-state index in [0.717, 1.165) is 18.4 Å². The lowest BCUT2D eigenvalue weighted by molar-refractivity contribution is -0.123. The van der Waals surface area contributed by atoms with Crippen molar-refractivity contribution in [2.45, 2.75) is 38.3 Å². The highest BCUT2D eigenvalue weighted by Crippen LogP contribution is 2.19. The Labute approximate surface area is 146 Å². The monoisotopic (exact) mass is 340 g/mol. The van der Waals surface area contributed by atoms with E-state index in [1.807, 2.05) is 30.3 Å². The molecule has 0 spiro atoms. The SMILES string of the molecule is Cc1ccc(F)cc1C(=O)N[C@@H](Cc1ccccc1)C(=O)NC1CC1. The largest absolute Gasteiger partial charge is 0.352 e. The molecule has 2 aromatic rings. The van der Waals surface area contributed by atoms with Crippen LogP contribution < -0.4 is 10.6 Å². The van der Waals surface area contributed by atoms with E-state index in [4.69, 9.17) is 0 Å². The Hall–Kier alpha value is -2.69. The van der Waals surface area contributed by atoms with Crippen LogP contribution >= 0.6 is 0 Å². The lowest BCUT2D eigenvalue weighted by Gasteiger charge is -2.19. The molecule has 0 unspecified atom stereocenters. The van der Waals surface area contributed by atoms with Gasteiger partial charge in [0.25, 0.3) is 5.91 Å². The van der Waals surface area contributed by atoms with Crippen molar-refractivity contribution in [2.75, 3.05) is 0 Å². The number of nitrogens with one attached hydrogen (secondary N) is 2. The molecule has 1 saturated carbocycles. The summed E-state index contributed by atoms with van der Waals surface area (Å²) >= 11 is 0. The van der Waals surface area contributed by atoms with Crippen LogP contribution in [0.5, 0.6) is 0 Å². The average Bonchev–Trinajstić information content (AvgIpc) is 3.41. The van der Waals surface area contributed by atoms with Crippen molar-refractivity contribution in [1.82, 2.24) is 10.6 Å². The maximum Gasteiger partial charge on any atom is 0.252 e. The molecule has 1 atom stereocenters. The maximum absolute atomic E-state index is 13.5. The van der Waals surface area contributed by atoms with E-state index in [2.05, 4.69) is 10.6 Å². The average molecular weight is 340 g/mol. The number of halogens is 1. The first kappa shape index (κ1) is 17.1. The molecule has 4 nitrogen and oxygen atoms in total. The number of carbonyl (C=O) groups excluding carboxylic acids is 2. The van der Waals surface area contributed by atoms with E-state index in [1.165, 1.54) is 12.1 Å². The third-order valence-corrected chi connectivity index (χ3v) is 4.27. The van der Waals surface area contributed by atoms with Gasteiger partial charge in [-0.2, -0.15) is 0 Å².